The maximum atomic E-state index is 11.7. The molecule has 0 spiro atoms. The summed E-state index contributed by atoms with van der Waals surface area (Å²) in [4.78, 5) is 23.0. The van der Waals surface area contributed by atoms with Gasteiger partial charge in [-0.15, -0.1) is 0 Å². The number of nitrogens with two attached hydrogens (primary N) is 1. The molecular weight excluding hydrogens is 216 g/mol. The van der Waals surface area contributed by atoms with Crippen LogP contribution in [0.1, 0.15) is 29.6 Å². The Bertz CT molecular complexity index is 422. The molecule has 90 valence electrons. The topological polar surface area (TPSA) is 72.2 Å². The van der Waals surface area contributed by atoms with Crippen LogP contribution in [-0.4, -0.2) is 18.2 Å². The second-order valence-corrected chi connectivity index (χ2v) is 4.32. The molecule has 0 aliphatic heterocycles. The van der Waals surface area contributed by atoms with Crippen LogP contribution in [0, 0.1) is 5.92 Å². The second-order valence-electron chi connectivity index (χ2n) is 4.32. The van der Waals surface area contributed by atoms with Crippen molar-refractivity contribution in [3.05, 3.63) is 29.8 Å². The Balaban J connectivity index is 1.97. The average Bonchev–Trinajstić information content (AvgIpc) is 2.26. The van der Waals surface area contributed by atoms with E-state index in [1.165, 1.54) is 0 Å². The molecule has 4 heteroatoms. The molecule has 1 aromatic carbocycles. The molecular formula is C13H16N2O2. The molecule has 1 aromatic rings. The minimum atomic E-state index is -0.0955. The quantitative estimate of drug-likeness (QED) is 0.774. The van der Waals surface area contributed by atoms with E-state index in [0.717, 1.165) is 24.9 Å². The molecule has 4 nitrogen and oxygen atoms in total. The van der Waals surface area contributed by atoms with Crippen LogP contribution in [0.25, 0.3) is 0 Å². The normalized spacial score (nSPS) is 15.1. The maximum Gasteiger partial charge on any atom is 0.227 e. The van der Waals surface area contributed by atoms with E-state index in [2.05, 4.69) is 5.32 Å². The number of rotatable bonds is 4. The fraction of sp³-hybridized carbons (Fsp3) is 0.385. The van der Waals surface area contributed by atoms with Crippen molar-refractivity contribution in [1.82, 2.24) is 0 Å². The number of ketones is 1. The van der Waals surface area contributed by atoms with Crippen LogP contribution in [0.2, 0.25) is 0 Å². The Hall–Kier alpha value is -1.68. The van der Waals surface area contributed by atoms with Crippen molar-refractivity contribution >= 4 is 17.4 Å². The van der Waals surface area contributed by atoms with Gasteiger partial charge in [0.2, 0.25) is 5.91 Å². The SMILES string of the molecule is NCC(=O)c1ccc(NC(=O)C2CCC2)cc1. The van der Waals surface area contributed by atoms with E-state index in [-0.39, 0.29) is 24.2 Å². The third kappa shape index (κ3) is 2.71. The fourth-order valence-corrected chi connectivity index (χ4v) is 1.77. The Morgan fingerprint density at radius 3 is 2.35 bits per heavy atom. The van der Waals surface area contributed by atoms with Gasteiger partial charge in [0, 0.05) is 17.2 Å². The highest BCUT2D eigenvalue weighted by Crippen LogP contribution is 2.27. The molecule has 1 amide bonds. The van der Waals surface area contributed by atoms with Crippen molar-refractivity contribution in [1.29, 1.82) is 0 Å². The molecule has 0 radical (unpaired) electrons. The standard InChI is InChI=1S/C13H16N2O2/c14-8-12(16)9-4-6-11(7-5-9)15-13(17)10-2-1-3-10/h4-7,10H,1-3,8,14H2,(H,15,17). The van der Waals surface area contributed by atoms with E-state index in [4.69, 9.17) is 5.73 Å². The van der Waals surface area contributed by atoms with Crippen LogP contribution < -0.4 is 11.1 Å². The van der Waals surface area contributed by atoms with Crippen LogP contribution in [0.5, 0.6) is 0 Å². The van der Waals surface area contributed by atoms with Gasteiger partial charge in [-0.3, -0.25) is 9.59 Å². The second kappa shape index (κ2) is 5.10. The number of anilines is 1. The third-order valence-corrected chi connectivity index (χ3v) is 3.14. The highest BCUT2D eigenvalue weighted by molar-refractivity contribution is 5.98. The Morgan fingerprint density at radius 1 is 1.24 bits per heavy atom. The van der Waals surface area contributed by atoms with Gasteiger partial charge in [-0.05, 0) is 37.1 Å². The van der Waals surface area contributed by atoms with Gasteiger partial charge in [-0.2, -0.15) is 0 Å². The van der Waals surface area contributed by atoms with Crippen LogP contribution in [0.3, 0.4) is 0 Å². The van der Waals surface area contributed by atoms with E-state index in [9.17, 15) is 9.59 Å². The molecule has 0 saturated heterocycles. The summed E-state index contributed by atoms with van der Waals surface area (Å²) in [5.74, 6) is 0.149. The summed E-state index contributed by atoms with van der Waals surface area (Å²) in [5, 5.41) is 2.85. The minimum Gasteiger partial charge on any atom is -0.326 e. The van der Waals surface area contributed by atoms with Gasteiger partial charge in [-0.1, -0.05) is 6.42 Å². The highest BCUT2D eigenvalue weighted by Gasteiger charge is 2.24. The van der Waals surface area contributed by atoms with Gasteiger partial charge in [-0.25, -0.2) is 0 Å². The third-order valence-electron chi connectivity index (χ3n) is 3.14. The number of carbonyl (C=O) groups is 2. The van der Waals surface area contributed by atoms with Crippen molar-refractivity contribution in [2.75, 3.05) is 11.9 Å². The lowest BCUT2D eigenvalue weighted by atomic mass is 9.85. The van der Waals surface area contributed by atoms with Crippen molar-refractivity contribution in [2.24, 2.45) is 11.7 Å². The molecule has 0 heterocycles. The van der Waals surface area contributed by atoms with E-state index in [0.29, 0.717) is 5.56 Å². The first-order valence-electron chi connectivity index (χ1n) is 5.85. The van der Waals surface area contributed by atoms with Crippen molar-refractivity contribution in [3.63, 3.8) is 0 Å². The van der Waals surface area contributed by atoms with Gasteiger partial charge in [0.1, 0.15) is 0 Å². The van der Waals surface area contributed by atoms with Crippen LogP contribution in [-0.2, 0) is 4.79 Å². The monoisotopic (exact) mass is 232 g/mol. The van der Waals surface area contributed by atoms with Crippen molar-refractivity contribution in [3.8, 4) is 0 Å². The summed E-state index contributed by atoms with van der Waals surface area (Å²) in [7, 11) is 0. The molecule has 1 aliphatic rings. The van der Waals surface area contributed by atoms with Crippen molar-refractivity contribution in [2.45, 2.75) is 19.3 Å². The van der Waals surface area contributed by atoms with Crippen molar-refractivity contribution < 1.29 is 9.59 Å². The summed E-state index contributed by atoms with van der Waals surface area (Å²) in [6, 6.07) is 6.84. The first-order chi connectivity index (χ1) is 8.20. The number of hydrogen-bond donors (Lipinski definition) is 2. The number of hydrogen-bond acceptors (Lipinski definition) is 3. The maximum absolute atomic E-state index is 11.7. The molecule has 3 N–H and O–H groups in total. The van der Waals surface area contributed by atoms with Gasteiger partial charge in [0.15, 0.2) is 5.78 Å². The lowest BCUT2D eigenvalue weighted by Gasteiger charge is -2.24. The Kier molecular flexibility index (Phi) is 3.54. The first kappa shape index (κ1) is 11.8. The fourth-order valence-electron chi connectivity index (χ4n) is 1.77. The largest absolute Gasteiger partial charge is 0.326 e. The predicted molar refractivity (Wildman–Crippen MR) is 65.8 cm³/mol. The summed E-state index contributed by atoms with van der Waals surface area (Å²) in [5.41, 5.74) is 6.58. The molecule has 0 atom stereocenters. The number of benzene rings is 1. The van der Waals surface area contributed by atoms with Crippen LogP contribution in [0.15, 0.2) is 24.3 Å². The molecule has 0 bridgehead atoms. The summed E-state index contributed by atoms with van der Waals surface area (Å²) in [6.07, 6.45) is 3.10. The molecule has 1 fully saturated rings. The average molecular weight is 232 g/mol. The van der Waals surface area contributed by atoms with Gasteiger partial charge in [0.05, 0.1) is 6.54 Å². The molecule has 1 saturated carbocycles. The zero-order chi connectivity index (χ0) is 12.3. The van der Waals surface area contributed by atoms with Crippen LogP contribution >= 0.6 is 0 Å². The van der Waals surface area contributed by atoms with E-state index in [1.54, 1.807) is 24.3 Å². The Morgan fingerprint density at radius 2 is 1.88 bits per heavy atom. The number of Topliss-reactive ketones (excluding diaryl/α,β-unsaturated/α-hetero) is 1. The molecule has 1 aliphatic carbocycles. The lowest BCUT2D eigenvalue weighted by molar-refractivity contribution is -0.122. The Labute approximate surface area is 100 Å². The van der Waals surface area contributed by atoms with E-state index >= 15 is 0 Å². The molecule has 17 heavy (non-hydrogen) atoms. The van der Waals surface area contributed by atoms with Gasteiger partial charge in [0.25, 0.3) is 0 Å². The predicted octanol–water partition coefficient (Wildman–Crippen LogP) is 1.57. The van der Waals surface area contributed by atoms with E-state index < -0.39 is 0 Å². The van der Waals surface area contributed by atoms with E-state index in [1.807, 2.05) is 0 Å². The molecule has 0 unspecified atom stereocenters. The smallest absolute Gasteiger partial charge is 0.227 e. The first-order valence-corrected chi connectivity index (χ1v) is 5.85. The number of carbonyl (C=O) groups excluding carboxylic acids is 2. The van der Waals surface area contributed by atoms with Gasteiger partial charge < -0.3 is 11.1 Å². The summed E-state index contributed by atoms with van der Waals surface area (Å²) < 4.78 is 0. The lowest BCUT2D eigenvalue weighted by Crippen LogP contribution is -2.28. The molecule has 0 aromatic heterocycles. The summed E-state index contributed by atoms with van der Waals surface area (Å²) in [6.45, 7) is 0.00772. The number of nitrogens with one attached hydrogen (secondary N) is 1. The minimum absolute atomic E-state index is 0.00772. The number of amides is 1. The van der Waals surface area contributed by atoms with Gasteiger partial charge >= 0.3 is 0 Å². The highest BCUT2D eigenvalue weighted by atomic mass is 16.2. The van der Waals surface area contributed by atoms with Crippen LogP contribution in [0.4, 0.5) is 5.69 Å². The summed E-state index contributed by atoms with van der Waals surface area (Å²) >= 11 is 0. The zero-order valence-electron chi connectivity index (χ0n) is 9.61. The molecule has 2 rings (SSSR count). The zero-order valence-corrected chi connectivity index (χ0v) is 9.61.